The van der Waals surface area contributed by atoms with E-state index in [1.54, 1.807) is 24.3 Å². The zero-order valence-electron chi connectivity index (χ0n) is 11.3. The Morgan fingerprint density at radius 1 is 1.04 bits per heavy atom. The van der Waals surface area contributed by atoms with Gasteiger partial charge in [0.1, 0.15) is 17.5 Å². The summed E-state index contributed by atoms with van der Waals surface area (Å²) >= 11 is 0. The topological polar surface area (TPSA) is 91.1 Å². The summed E-state index contributed by atoms with van der Waals surface area (Å²) in [6.07, 6.45) is -3.47. The van der Waals surface area contributed by atoms with Gasteiger partial charge in [-0.1, -0.05) is 29.5 Å². The van der Waals surface area contributed by atoms with Gasteiger partial charge in [-0.2, -0.15) is 18.4 Å². The Balaban J connectivity index is 1.96. The summed E-state index contributed by atoms with van der Waals surface area (Å²) in [6, 6.07) is 9.07. The number of aromatic amines is 1. The third-order valence-corrected chi connectivity index (χ3v) is 3.03. The van der Waals surface area contributed by atoms with Crippen molar-refractivity contribution in [3.05, 3.63) is 47.9 Å². The first-order valence-electron chi connectivity index (χ1n) is 6.31. The van der Waals surface area contributed by atoms with Crippen LogP contribution in [-0.4, -0.2) is 25.4 Å². The number of hydrogen-bond donors (Lipinski definition) is 1. The Kier molecular flexibility index (Phi) is 3.50. The van der Waals surface area contributed by atoms with Crippen LogP contribution in [0.4, 0.5) is 13.2 Å². The highest BCUT2D eigenvalue weighted by atomic mass is 19.4. The van der Waals surface area contributed by atoms with Crippen LogP contribution in [0.25, 0.3) is 22.6 Å². The van der Waals surface area contributed by atoms with Gasteiger partial charge in [0.15, 0.2) is 11.5 Å². The van der Waals surface area contributed by atoms with Gasteiger partial charge in [-0.25, -0.2) is 9.97 Å². The minimum Gasteiger partial charge on any atom is -0.256 e. The zero-order chi connectivity index (χ0) is 16.4. The fraction of sp³-hybridized carbons (Fsp3) is 0.0714. The lowest BCUT2D eigenvalue weighted by molar-refractivity contribution is -0.141. The van der Waals surface area contributed by atoms with E-state index < -0.39 is 11.9 Å². The number of alkyl halides is 3. The van der Waals surface area contributed by atoms with Gasteiger partial charge >= 0.3 is 6.18 Å². The number of hydrogen-bond acceptors (Lipinski definition) is 5. The maximum Gasteiger partial charge on any atom is 0.433 e. The van der Waals surface area contributed by atoms with Gasteiger partial charge < -0.3 is 0 Å². The van der Waals surface area contributed by atoms with Crippen LogP contribution in [-0.2, 0) is 6.18 Å². The standard InChI is InChI=1S/C14H7F3N6/c15-14(16,17)11-5-6-19-13(20-11)9-3-1-8(2-4-9)12-10(7-18)21-23-22-12/h1-6H,(H,21,22,23). The van der Waals surface area contributed by atoms with Crippen molar-refractivity contribution in [3.63, 3.8) is 0 Å². The summed E-state index contributed by atoms with van der Waals surface area (Å²) in [5.41, 5.74) is 0.612. The second-order valence-electron chi connectivity index (χ2n) is 4.49. The zero-order valence-corrected chi connectivity index (χ0v) is 11.3. The van der Waals surface area contributed by atoms with Crippen molar-refractivity contribution in [2.75, 3.05) is 0 Å². The summed E-state index contributed by atoms with van der Waals surface area (Å²) in [5.74, 6) is -0.0328. The number of nitrogens with one attached hydrogen (secondary N) is 1. The van der Waals surface area contributed by atoms with E-state index in [0.717, 1.165) is 12.3 Å². The molecule has 0 amide bonds. The molecule has 23 heavy (non-hydrogen) atoms. The summed E-state index contributed by atoms with van der Waals surface area (Å²) in [7, 11) is 0. The highest BCUT2D eigenvalue weighted by molar-refractivity contribution is 5.68. The first kappa shape index (κ1) is 14.6. The lowest BCUT2D eigenvalue weighted by Gasteiger charge is -2.07. The first-order valence-corrected chi connectivity index (χ1v) is 6.31. The molecule has 0 fully saturated rings. The Labute approximate surface area is 127 Å². The molecule has 0 bridgehead atoms. The average Bonchev–Trinajstić information content (AvgIpc) is 3.03. The van der Waals surface area contributed by atoms with E-state index in [9.17, 15) is 13.2 Å². The molecule has 0 saturated carbocycles. The van der Waals surface area contributed by atoms with Gasteiger partial charge in [0.05, 0.1) is 0 Å². The Bertz CT molecular complexity index is 877. The molecular weight excluding hydrogens is 309 g/mol. The van der Waals surface area contributed by atoms with Crippen molar-refractivity contribution in [2.24, 2.45) is 0 Å². The number of aromatic nitrogens is 5. The molecule has 1 aromatic carbocycles. The summed E-state index contributed by atoms with van der Waals surface area (Å²) in [5, 5.41) is 18.7. The van der Waals surface area contributed by atoms with Gasteiger partial charge in [0.2, 0.25) is 0 Å². The fourth-order valence-corrected chi connectivity index (χ4v) is 1.95. The normalized spacial score (nSPS) is 11.2. The van der Waals surface area contributed by atoms with Crippen molar-refractivity contribution in [1.82, 2.24) is 25.4 Å². The third kappa shape index (κ3) is 2.87. The average molecular weight is 316 g/mol. The van der Waals surface area contributed by atoms with Crippen LogP contribution in [0.2, 0.25) is 0 Å². The van der Waals surface area contributed by atoms with E-state index in [1.807, 2.05) is 6.07 Å². The van der Waals surface area contributed by atoms with Gasteiger partial charge in [-0.15, -0.1) is 5.10 Å². The molecule has 0 spiro atoms. The van der Waals surface area contributed by atoms with E-state index in [-0.39, 0.29) is 11.5 Å². The van der Waals surface area contributed by atoms with E-state index in [4.69, 9.17) is 5.26 Å². The molecule has 0 atom stereocenters. The molecule has 114 valence electrons. The molecule has 0 aliphatic rings. The van der Waals surface area contributed by atoms with E-state index in [2.05, 4.69) is 25.4 Å². The maximum atomic E-state index is 12.7. The predicted molar refractivity (Wildman–Crippen MR) is 72.6 cm³/mol. The van der Waals surface area contributed by atoms with Crippen LogP contribution in [0.15, 0.2) is 36.5 Å². The molecule has 1 N–H and O–H groups in total. The predicted octanol–water partition coefficient (Wildman–Crippen LogP) is 2.82. The summed E-state index contributed by atoms with van der Waals surface area (Å²) < 4.78 is 38.0. The van der Waals surface area contributed by atoms with E-state index in [0.29, 0.717) is 16.8 Å². The maximum absolute atomic E-state index is 12.7. The first-order chi connectivity index (χ1) is 11.0. The molecular formula is C14H7F3N6. The van der Waals surface area contributed by atoms with Crippen molar-refractivity contribution >= 4 is 0 Å². The Morgan fingerprint density at radius 3 is 2.39 bits per heavy atom. The molecule has 3 rings (SSSR count). The minimum absolute atomic E-state index is 0.0328. The monoisotopic (exact) mass is 316 g/mol. The van der Waals surface area contributed by atoms with Crippen molar-refractivity contribution < 1.29 is 13.2 Å². The molecule has 0 aliphatic heterocycles. The minimum atomic E-state index is -4.53. The van der Waals surface area contributed by atoms with Crippen LogP contribution >= 0.6 is 0 Å². The van der Waals surface area contributed by atoms with Crippen LogP contribution in [0.1, 0.15) is 11.4 Å². The molecule has 3 aromatic rings. The van der Waals surface area contributed by atoms with Gasteiger partial charge in [-0.3, -0.25) is 5.10 Å². The van der Waals surface area contributed by atoms with E-state index >= 15 is 0 Å². The fourth-order valence-electron chi connectivity index (χ4n) is 1.95. The molecule has 0 aliphatic carbocycles. The number of benzene rings is 1. The Morgan fingerprint density at radius 2 is 1.74 bits per heavy atom. The summed E-state index contributed by atoms with van der Waals surface area (Å²) in [6.45, 7) is 0. The molecule has 9 heteroatoms. The van der Waals surface area contributed by atoms with Crippen LogP contribution in [0, 0.1) is 11.3 Å². The number of nitriles is 1. The molecule has 6 nitrogen and oxygen atoms in total. The highest BCUT2D eigenvalue weighted by Crippen LogP contribution is 2.29. The SMILES string of the molecule is N#Cc1nn[nH]c1-c1ccc(-c2nccc(C(F)(F)F)n2)cc1. The second kappa shape index (κ2) is 5.49. The van der Waals surface area contributed by atoms with Crippen molar-refractivity contribution in [2.45, 2.75) is 6.18 Å². The lowest BCUT2D eigenvalue weighted by Crippen LogP contribution is -2.08. The molecule has 0 unspecified atom stereocenters. The van der Waals surface area contributed by atoms with Gasteiger partial charge in [0.25, 0.3) is 0 Å². The van der Waals surface area contributed by atoms with Crippen LogP contribution in [0.3, 0.4) is 0 Å². The molecule has 2 aromatic heterocycles. The third-order valence-electron chi connectivity index (χ3n) is 3.03. The van der Waals surface area contributed by atoms with Crippen molar-refractivity contribution in [3.8, 4) is 28.7 Å². The van der Waals surface area contributed by atoms with Gasteiger partial charge in [0, 0.05) is 17.3 Å². The Hall–Kier alpha value is -3.28. The second-order valence-corrected chi connectivity index (χ2v) is 4.49. The van der Waals surface area contributed by atoms with Gasteiger partial charge in [-0.05, 0) is 6.07 Å². The highest BCUT2D eigenvalue weighted by Gasteiger charge is 2.32. The van der Waals surface area contributed by atoms with Crippen LogP contribution in [0.5, 0.6) is 0 Å². The largest absolute Gasteiger partial charge is 0.433 e. The lowest BCUT2D eigenvalue weighted by atomic mass is 10.1. The molecule has 0 saturated heterocycles. The van der Waals surface area contributed by atoms with Crippen LogP contribution < -0.4 is 0 Å². The number of halogens is 3. The quantitative estimate of drug-likeness (QED) is 0.785. The number of rotatable bonds is 2. The molecule has 2 heterocycles. The number of H-pyrrole nitrogens is 1. The van der Waals surface area contributed by atoms with Crippen molar-refractivity contribution in [1.29, 1.82) is 5.26 Å². The molecule has 0 radical (unpaired) electrons. The van der Waals surface area contributed by atoms with E-state index in [1.165, 1.54) is 0 Å². The smallest absolute Gasteiger partial charge is 0.256 e. The number of nitrogens with zero attached hydrogens (tertiary/aromatic N) is 5. The summed E-state index contributed by atoms with van der Waals surface area (Å²) in [4.78, 5) is 7.37.